The maximum absolute atomic E-state index is 12.9. The van der Waals surface area contributed by atoms with E-state index in [0.29, 0.717) is 23.5 Å². The van der Waals surface area contributed by atoms with Crippen molar-refractivity contribution in [2.45, 2.75) is 6.42 Å². The predicted molar refractivity (Wildman–Crippen MR) is 78.5 cm³/mol. The Morgan fingerprint density at radius 2 is 2.10 bits per heavy atom. The van der Waals surface area contributed by atoms with Gasteiger partial charge in [-0.25, -0.2) is 9.37 Å². The molecule has 0 unspecified atom stereocenters. The first-order chi connectivity index (χ1) is 10.0. The van der Waals surface area contributed by atoms with Crippen LogP contribution in [0.3, 0.4) is 0 Å². The first kappa shape index (κ1) is 13.8. The molecule has 0 aliphatic carbocycles. The monoisotopic (exact) mass is 304 g/mol. The molecule has 0 saturated heterocycles. The number of amides is 1. The molecule has 0 spiro atoms. The highest BCUT2D eigenvalue weighted by atomic mass is 32.1. The molecular formula is C15H13FN2O2S. The average Bonchev–Trinajstić information content (AvgIpc) is 3.02. The summed E-state index contributed by atoms with van der Waals surface area (Å²) < 4.78 is 12.9. The normalized spacial score (nSPS) is 15.1. The summed E-state index contributed by atoms with van der Waals surface area (Å²) in [5.41, 5.74) is 1.56. The Balaban J connectivity index is 1.81. The molecule has 1 aliphatic rings. The molecule has 0 atom stereocenters. The molecule has 108 valence electrons. The van der Waals surface area contributed by atoms with Crippen molar-refractivity contribution >= 4 is 22.8 Å². The van der Waals surface area contributed by atoms with E-state index in [2.05, 4.69) is 4.98 Å². The van der Waals surface area contributed by atoms with Gasteiger partial charge in [0.15, 0.2) is 5.76 Å². The standard InChI is InChI=1S/C15H13FN2O2S/c1-18-8-12(13(19)15(18)20)14-17-7-11(21-14)6-9-2-4-10(16)5-3-9/h2-5,7,19H,6,8H2,1H3. The molecule has 2 heterocycles. The molecule has 1 aromatic carbocycles. The van der Waals surface area contributed by atoms with Gasteiger partial charge in [0, 0.05) is 24.5 Å². The van der Waals surface area contributed by atoms with E-state index in [1.807, 2.05) is 0 Å². The van der Waals surface area contributed by atoms with Crippen LogP contribution >= 0.6 is 11.3 Å². The fourth-order valence-electron chi connectivity index (χ4n) is 2.19. The maximum Gasteiger partial charge on any atom is 0.289 e. The van der Waals surface area contributed by atoms with E-state index in [9.17, 15) is 14.3 Å². The predicted octanol–water partition coefficient (Wildman–Crippen LogP) is 2.61. The van der Waals surface area contributed by atoms with Gasteiger partial charge in [-0.05, 0) is 17.7 Å². The largest absolute Gasteiger partial charge is 0.503 e. The number of benzene rings is 1. The van der Waals surface area contributed by atoms with Crippen LogP contribution < -0.4 is 0 Å². The second-order valence-corrected chi connectivity index (χ2v) is 6.04. The Bertz CT molecular complexity index is 722. The molecule has 1 amide bonds. The number of aliphatic hydroxyl groups excluding tert-OH is 1. The number of rotatable bonds is 3. The van der Waals surface area contributed by atoms with Gasteiger partial charge in [-0.2, -0.15) is 0 Å². The van der Waals surface area contributed by atoms with Crippen molar-refractivity contribution in [3.05, 3.63) is 57.5 Å². The van der Waals surface area contributed by atoms with Crippen molar-refractivity contribution in [3.8, 4) is 0 Å². The van der Waals surface area contributed by atoms with Crippen LogP contribution in [0.15, 0.2) is 36.2 Å². The minimum Gasteiger partial charge on any atom is -0.503 e. The number of nitrogens with zero attached hydrogens (tertiary/aromatic N) is 2. The third-order valence-electron chi connectivity index (χ3n) is 3.33. The summed E-state index contributed by atoms with van der Waals surface area (Å²) in [4.78, 5) is 18.3. The van der Waals surface area contributed by atoms with Gasteiger partial charge in [-0.3, -0.25) is 4.79 Å². The third-order valence-corrected chi connectivity index (χ3v) is 4.39. The Hall–Kier alpha value is -2.21. The second-order valence-electron chi connectivity index (χ2n) is 4.92. The van der Waals surface area contributed by atoms with E-state index in [0.717, 1.165) is 10.4 Å². The van der Waals surface area contributed by atoms with E-state index in [1.165, 1.54) is 28.4 Å². The zero-order chi connectivity index (χ0) is 15.0. The average molecular weight is 304 g/mol. The Kier molecular flexibility index (Phi) is 3.47. The highest BCUT2D eigenvalue weighted by Crippen LogP contribution is 2.29. The van der Waals surface area contributed by atoms with Gasteiger partial charge in [0.25, 0.3) is 5.91 Å². The fraction of sp³-hybridized carbons (Fsp3) is 0.200. The van der Waals surface area contributed by atoms with Crippen molar-refractivity contribution in [1.29, 1.82) is 0 Å². The van der Waals surface area contributed by atoms with Crippen LogP contribution in [0.25, 0.3) is 5.57 Å². The van der Waals surface area contributed by atoms with Crippen molar-refractivity contribution in [3.63, 3.8) is 0 Å². The molecular weight excluding hydrogens is 291 g/mol. The summed E-state index contributed by atoms with van der Waals surface area (Å²) in [5.74, 6) is -0.855. The Labute approximate surface area is 125 Å². The molecule has 0 radical (unpaired) electrons. The highest BCUT2D eigenvalue weighted by Gasteiger charge is 2.29. The van der Waals surface area contributed by atoms with Crippen molar-refractivity contribution in [1.82, 2.24) is 9.88 Å². The topological polar surface area (TPSA) is 53.4 Å². The van der Waals surface area contributed by atoms with Crippen molar-refractivity contribution in [2.75, 3.05) is 13.6 Å². The SMILES string of the molecule is CN1CC(c2ncc(Cc3ccc(F)cc3)s2)=C(O)C1=O. The summed E-state index contributed by atoms with van der Waals surface area (Å²) in [6.07, 6.45) is 2.38. The molecule has 0 bridgehead atoms. The van der Waals surface area contributed by atoms with Crippen LogP contribution in [0.5, 0.6) is 0 Å². The summed E-state index contributed by atoms with van der Waals surface area (Å²) in [7, 11) is 1.64. The number of halogens is 1. The van der Waals surface area contributed by atoms with Crippen molar-refractivity contribution < 1.29 is 14.3 Å². The van der Waals surface area contributed by atoms with Crippen LogP contribution in [-0.4, -0.2) is 34.5 Å². The lowest BCUT2D eigenvalue weighted by atomic mass is 10.1. The van der Waals surface area contributed by atoms with Gasteiger partial charge >= 0.3 is 0 Å². The van der Waals surface area contributed by atoms with Crippen molar-refractivity contribution in [2.24, 2.45) is 0 Å². The zero-order valence-corrected chi connectivity index (χ0v) is 12.2. The van der Waals surface area contributed by atoms with E-state index >= 15 is 0 Å². The molecule has 0 fully saturated rings. The number of aromatic nitrogens is 1. The minimum absolute atomic E-state index is 0.222. The van der Waals surface area contributed by atoms with Crippen LogP contribution in [0.4, 0.5) is 4.39 Å². The molecule has 1 aliphatic heterocycles. The lowest BCUT2D eigenvalue weighted by Crippen LogP contribution is -2.21. The number of aliphatic hydroxyl groups is 1. The summed E-state index contributed by atoms with van der Waals surface area (Å²) >= 11 is 1.44. The van der Waals surface area contributed by atoms with Crippen LogP contribution in [-0.2, 0) is 11.2 Å². The molecule has 4 nitrogen and oxygen atoms in total. The zero-order valence-electron chi connectivity index (χ0n) is 11.3. The number of carbonyl (C=O) groups is 1. The lowest BCUT2D eigenvalue weighted by Gasteiger charge is -2.05. The van der Waals surface area contributed by atoms with Gasteiger partial charge < -0.3 is 10.0 Å². The molecule has 0 saturated carbocycles. The number of hydrogen-bond donors (Lipinski definition) is 1. The number of carbonyl (C=O) groups excluding carboxylic acids is 1. The smallest absolute Gasteiger partial charge is 0.289 e. The molecule has 1 aromatic heterocycles. The quantitative estimate of drug-likeness (QED) is 0.948. The van der Waals surface area contributed by atoms with E-state index in [4.69, 9.17) is 0 Å². The maximum atomic E-state index is 12.9. The summed E-state index contributed by atoms with van der Waals surface area (Å²) in [6.45, 7) is 0.369. The highest BCUT2D eigenvalue weighted by molar-refractivity contribution is 7.12. The first-order valence-electron chi connectivity index (χ1n) is 6.41. The minimum atomic E-state index is -0.375. The van der Waals surface area contributed by atoms with Gasteiger partial charge in [0.2, 0.25) is 0 Å². The van der Waals surface area contributed by atoms with Crippen LogP contribution in [0.1, 0.15) is 15.4 Å². The number of hydrogen-bond acceptors (Lipinski definition) is 4. The van der Waals surface area contributed by atoms with E-state index in [-0.39, 0.29) is 17.5 Å². The molecule has 1 N–H and O–H groups in total. The van der Waals surface area contributed by atoms with Crippen LogP contribution in [0.2, 0.25) is 0 Å². The number of thiazole rings is 1. The first-order valence-corrected chi connectivity index (χ1v) is 7.23. The number of likely N-dealkylation sites (N-methyl/N-ethyl adjacent to an activating group) is 1. The summed E-state index contributed by atoms with van der Waals surface area (Å²) in [6, 6.07) is 6.32. The third kappa shape index (κ3) is 2.67. The molecule has 3 rings (SSSR count). The molecule has 6 heteroatoms. The Morgan fingerprint density at radius 3 is 2.71 bits per heavy atom. The summed E-state index contributed by atoms with van der Waals surface area (Å²) in [5, 5.41) is 10.5. The molecule has 21 heavy (non-hydrogen) atoms. The van der Waals surface area contributed by atoms with Gasteiger partial charge in [-0.15, -0.1) is 11.3 Å². The second kappa shape index (κ2) is 5.29. The van der Waals surface area contributed by atoms with Gasteiger partial charge in [0.05, 0.1) is 12.1 Å². The lowest BCUT2D eigenvalue weighted by molar-refractivity contribution is -0.126. The van der Waals surface area contributed by atoms with Gasteiger partial charge in [0.1, 0.15) is 10.8 Å². The Morgan fingerprint density at radius 1 is 1.38 bits per heavy atom. The van der Waals surface area contributed by atoms with E-state index in [1.54, 1.807) is 25.4 Å². The fourth-order valence-corrected chi connectivity index (χ4v) is 3.18. The van der Waals surface area contributed by atoms with E-state index < -0.39 is 0 Å². The van der Waals surface area contributed by atoms with Crippen LogP contribution in [0, 0.1) is 5.82 Å². The van der Waals surface area contributed by atoms with Gasteiger partial charge in [-0.1, -0.05) is 12.1 Å². The molecule has 2 aromatic rings.